The van der Waals surface area contributed by atoms with Crippen LogP contribution in [0.3, 0.4) is 0 Å². The summed E-state index contributed by atoms with van der Waals surface area (Å²) in [6.07, 6.45) is 0.613. The Kier molecular flexibility index (Phi) is 7.96. The summed E-state index contributed by atoms with van der Waals surface area (Å²) in [5.41, 5.74) is -2.64. The lowest BCUT2D eigenvalue weighted by Crippen LogP contribution is -2.62. The standard InChI is InChI=1S/C24H25N3O9S/c1-4-35-22(29)24(25-16(3)28,23(30)36-5-2)14-17-15-26(37(33,34)19-9-7-6-8-10-19)21-13-18(27(31)32)11-12-20(17)21/h6-13,15H,4-5,14H2,1-3H3,(H,25,28). The Balaban J connectivity index is 2.32. The van der Waals surface area contributed by atoms with E-state index in [4.69, 9.17) is 9.47 Å². The predicted molar refractivity (Wildman–Crippen MR) is 131 cm³/mol. The van der Waals surface area contributed by atoms with Crippen LogP contribution in [0.4, 0.5) is 5.69 Å². The molecule has 0 radical (unpaired) electrons. The van der Waals surface area contributed by atoms with Gasteiger partial charge >= 0.3 is 11.9 Å². The summed E-state index contributed by atoms with van der Waals surface area (Å²) in [6.45, 7) is 3.89. The summed E-state index contributed by atoms with van der Waals surface area (Å²) in [6, 6.07) is 10.9. The average molecular weight is 532 g/mol. The number of benzene rings is 2. The third kappa shape index (κ3) is 5.31. The summed E-state index contributed by atoms with van der Waals surface area (Å²) in [5.74, 6) is -2.94. The number of nitrogens with zero attached hydrogens (tertiary/aromatic N) is 2. The van der Waals surface area contributed by atoms with E-state index in [1.807, 2.05) is 0 Å². The zero-order valence-corrected chi connectivity index (χ0v) is 21.1. The second kappa shape index (κ2) is 10.8. The van der Waals surface area contributed by atoms with Crippen molar-refractivity contribution in [1.82, 2.24) is 9.29 Å². The highest BCUT2D eigenvalue weighted by molar-refractivity contribution is 7.90. The molecule has 1 N–H and O–H groups in total. The van der Waals surface area contributed by atoms with Gasteiger partial charge < -0.3 is 14.8 Å². The first kappa shape index (κ1) is 27.3. The Bertz CT molecular complexity index is 1450. The number of amides is 1. The number of nitro benzene ring substituents is 1. The maximum absolute atomic E-state index is 13.5. The molecule has 37 heavy (non-hydrogen) atoms. The highest BCUT2D eigenvalue weighted by Crippen LogP contribution is 2.32. The van der Waals surface area contributed by atoms with Crippen LogP contribution in [0.1, 0.15) is 26.3 Å². The highest BCUT2D eigenvalue weighted by Gasteiger charge is 2.50. The molecule has 0 unspecified atom stereocenters. The lowest BCUT2D eigenvalue weighted by molar-refractivity contribution is -0.384. The third-order valence-corrected chi connectivity index (χ3v) is 7.13. The van der Waals surface area contributed by atoms with Crippen molar-refractivity contribution in [1.29, 1.82) is 0 Å². The van der Waals surface area contributed by atoms with E-state index < -0.39 is 44.8 Å². The molecule has 0 fully saturated rings. The smallest absolute Gasteiger partial charge is 0.344 e. The first-order valence-corrected chi connectivity index (χ1v) is 12.6. The third-order valence-electron chi connectivity index (χ3n) is 5.44. The number of nitrogens with one attached hydrogen (secondary N) is 1. The van der Waals surface area contributed by atoms with E-state index in [2.05, 4.69) is 5.32 Å². The van der Waals surface area contributed by atoms with Crippen LogP contribution in [0.2, 0.25) is 0 Å². The van der Waals surface area contributed by atoms with Gasteiger partial charge in [-0.05, 0) is 37.6 Å². The summed E-state index contributed by atoms with van der Waals surface area (Å²) >= 11 is 0. The fourth-order valence-corrected chi connectivity index (χ4v) is 5.29. The molecule has 13 heteroatoms. The molecule has 3 aromatic rings. The molecular formula is C24H25N3O9S. The molecule has 0 aliphatic rings. The van der Waals surface area contributed by atoms with Crippen molar-refractivity contribution >= 4 is 44.5 Å². The van der Waals surface area contributed by atoms with Crippen LogP contribution >= 0.6 is 0 Å². The maximum atomic E-state index is 13.5. The van der Waals surface area contributed by atoms with Crippen molar-refractivity contribution in [2.75, 3.05) is 13.2 Å². The first-order chi connectivity index (χ1) is 17.5. The summed E-state index contributed by atoms with van der Waals surface area (Å²) in [5, 5.41) is 14.0. The maximum Gasteiger partial charge on any atom is 0.344 e. The average Bonchev–Trinajstić information content (AvgIpc) is 3.22. The molecular weight excluding hydrogens is 506 g/mol. The highest BCUT2D eigenvalue weighted by atomic mass is 32.2. The van der Waals surface area contributed by atoms with Gasteiger partial charge in [-0.3, -0.25) is 14.9 Å². The van der Waals surface area contributed by atoms with Gasteiger partial charge in [-0.25, -0.2) is 22.0 Å². The van der Waals surface area contributed by atoms with Gasteiger partial charge in [0, 0.05) is 37.1 Å². The molecule has 0 spiro atoms. The van der Waals surface area contributed by atoms with Gasteiger partial charge in [0.1, 0.15) is 0 Å². The number of non-ortho nitro benzene ring substituents is 1. The Morgan fingerprint density at radius 3 is 2.14 bits per heavy atom. The Morgan fingerprint density at radius 1 is 1.03 bits per heavy atom. The van der Waals surface area contributed by atoms with Crippen LogP contribution in [0.25, 0.3) is 10.9 Å². The van der Waals surface area contributed by atoms with Crippen molar-refractivity contribution in [2.24, 2.45) is 0 Å². The molecule has 1 aromatic heterocycles. The normalized spacial score (nSPS) is 11.6. The lowest BCUT2D eigenvalue weighted by Gasteiger charge is -2.29. The van der Waals surface area contributed by atoms with E-state index >= 15 is 0 Å². The second-order valence-corrected chi connectivity index (χ2v) is 9.75. The van der Waals surface area contributed by atoms with Crippen molar-refractivity contribution < 1.29 is 37.2 Å². The number of nitro groups is 1. The number of hydrogen-bond donors (Lipinski definition) is 1. The number of carbonyl (C=O) groups excluding carboxylic acids is 3. The first-order valence-electron chi connectivity index (χ1n) is 11.2. The van der Waals surface area contributed by atoms with Crippen LogP contribution in [-0.4, -0.2) is 53.9 Å². The van der Waals surface area contributed by atoms with E-state index in [0.29, 0.717) is 0 Å². The van der Waals surface area contributed by atoms with E-state index in [-0.39, 0.29) is 40.3 Å². The zero-order valence-electron chi connectivity index (χ0n) is 20.3. The number of aromatic nitrogens is 1. The number of rotatable bonds is 10. The van der Waals surface area contributed by atoms with E-state index in [0.717, 1.165) is 23.2 Å². The number of esters is 2. The fraction of sp³-hybridized carbons (Fsp3) is 0.292. The number of carbonyl (C=O) groups is 3. The SMILES string of the molecule is CCOC(=O)C(Cc1cn(S(=O)(=O)c2ccccc2)c2cc([N+](=O)[O-])ccc12)(NC(C)=O)C(=O)OCC. The molecule has 12 nitrogen and oxygen atoms in total. The molecule has 1 amide bonds. The van der Waals surface area contributed by atoms with Gasteiger partial charge in [-0.1, -0.05) is 18.2 Å². The number of fused-ring (bicyclic) bond motifs is 1. The summed E-state index contributed by atoms with van der Waals surface area (Å²) < 4.78 is 38.0. The van der Waals surface area contributed by atoms with Crippen molar-refractivity contribution in [3.63, 3.8) is 0 Å². The van der Waals surface area contributed by atoms with Gasteiger partial charge in [0.05, 0.1) is 28.5 Å². The van der Waals surface area contributed by atoms with Gasteiger partial charge in [-0.2, -0.15) is 0 Å². The molecule has 196 valence electrons. The molecule has 0 saturated heterocycles. The number of ether oxygens (including phenoxy) is 2. The van der Waals surface area contributed by atoms with Crippen molar-refractivity contribution in [2.45, 2.75) is 37.6 Å². The van der Waals surface area contributed by atoms with Gasteiger partial charge in [0.15, 0.2) is 0 Å². The molecule has 1 heterocycles. The summed E-state index contributed by atoms with van der Waals surface area (Å²) in [7, 11) is -4.25. The molecule has 0 atom stereocenters. The van der Waals surface area contributed by atoms with Crippen LogP contribution in [-0.2, 0) is 40.3 Å². The minimum absolute atomic E-state index is 0.0579. The van der Waals surface area contributed by atoms with E-state index in [1.54, 1.807) is 6.07 Å². The van der Waals surface area contributed by atoms with E-state index in [9.17, 15) is 32.9 Å². The topological polar surface area (TPSA) is 164 Å². The predicted octanol–water partition coefficient (Wildman–Crippen LogP) is 2.33. The van der Waals surface area contributed by atoms with Crippen molar-refractivity contribution in [3.8, 4) is 0 Å². The largest absolute Gasteiger partial charge is 0.464 e. The number of hydrogen-bond acceptors (Lipinski definition) is 9. The van der Waals surface area contributed by atoms with E-state index in [1.165, 1.54) is 50.2 Å². The summed E-state index contributed by atoms with van der Waals surface area (Å²) in [4.78, 5) is 48.9. The molecule has 2 aromatic carbocycles. The van der Waals surface area contributed by atoms with Crippen molar-refractivity contribution in [3.05, 3.63) is 70.4 Å². The Hall–Kier alpha value is -4.26. The molecule has 0 bridgehead atoms. The van der Waals surface area contributed by atoms with Gasteiger partial charge in [-0.15, -0.1) is 0 Å². The minimum atomic E-state index is -4.25. The zero-order chi connectivity index (χ0) is 27.4. The van der Waals surface area contributed by atoms with Gasteiger partial charge in [0.2, 0.25) is 11.4 Å². The molecule has 3 rings (SSSR count). The van der Waals surface area contributed by atoms with Crippen LogP contribution in [0, 0.1) is 10.1 Å². The lowest BCUT2D eigenvalue weighted by atomic mass is 9.90. The monoisotopic (exact) mass is 531 g/mol. The van der Waals surface area contributed by atoms with Crippen LogP contribution in [0.15, 0.2) is 59.6 Å². The minimum Gasteiger partial charge on any atom is -0.464 e. The van der Waals surface area contributed by atoms with Gasteiger partial charge in [0.25, 0.3) is 15.7 Å². The molecule has 0 aliphatic carbocycles. The molecule has 0 aliphatic heterocycles. The fourth-order valence-electron chi connectivity index (χ4n) is 3.88. The van der Waals surface area contributed by atoms with Crippen LogP contribution < -0.4 is 5.32 Å². The Morgan fingerprint density at radius 2 is 1.62 bits per heavy atom. The second-order valence-electron chi connectivity index (χ2n) is 7.93. The quantitative estimate of drug-likeness (QED) is 0.179. The molecule has 0 saturated carbocycles. The van der Waals surface area contributed by atoms with Crippen LogP contribution in [0.5, 0.6) is 0 Å². The Labute approximate surface area is 212 Å².